The van der Waals surface area contributed by atoms with Gasteiger partial charge < -0.3 is 15.5 Å². The lowest BCUT2D eigenvalue weighted by Crippen LogP contribution is -2.15. The highest BCUT2D eigenvalue weighted by atomic mass is 19.1. The minimum Gasteiger partial charge on any atom is -0.378 e. The number of carbonyl (C=O) groups excluding carboxylic acids is 2. The van der Waals surface area contributed by atoms with Crippen molar-refractivity contribution in [3.05, 3.63) is 89.5 Å². The molecule has 0 saturated heterocycles. The number of nitrogens with zero attached hydrogens (tertiary/aromatic N) is 1. The minimum absolute atomic E-state index is 0.166. The van der Waals surface area contributed by atoms with Gasteiger partial charge in [0.25, 0.3) is 11.8 Å². The first-order valence-electron chi connectivity index (χ1n) is 8.79. The standard InChI is InChI=1S/C22H19F2N3O2/c1-27(2)17-12-10-16(11-13-17)25-21(28)14-6-8-15(9-7-14)22(29)26-20-18(23)4-3-5-19(20)24/h3-13H,1-2H3,(H,25,28)(H,26,29). The van der Waals surface area contributed by atoms with Crippen LogP contribution >= 0.6 is 0 Å². The van der Waals surface area contributed by atoms with Crippen molar-refractivity contribution >= 4 is 28.9 Å². The van der Waals surface area contributed by atoms with E-state index in [0.717, 1.165) is 17.8 Å². The first-order valence-corrected chi connectivity index (χ1v) is 8.79. The van der Waals surface area contributed by atoms with Crippen LogP contribution in [0.15, 0.2) is 66.7 Å². The SMILES string of the molecule is CN(C)c1ccc(NC(=O)c2ccc(C(=O)Nc3c(F)cccc3F)cc2)cc1. The number of amides is 2. The maximum Gasteiger partial charge on any atom is 0.255 e. The highest BCUT2D eigenvalue weighted by molar-refractivity contribution is 6.07. The van der Waals surface area contributed by atoms with Crippen molar-refractivity contribution in [2.24, 2.45) is 0 Å². The normalized spacial score (nSPS) is 10.3. The summed E-state index contributed by atoms with van der Waals surface area (Å²) in [4.78, 5) is 26.5. The molecule has 0 aliphatic rings. The smallest absolute Gasteiger partial charge is 0.255 e. The monoisotopic (exact) mass is 395 g/mol. The third-order valence-corrected chi connectivity index (χ3v) is 4.25. The van der Waals surface area contributed by atoms with Crippen LogP contribution in [0.4, 0.5) is 25.8 Å². The van der Waals surface area contributed by atoms with Crippen LogP contribution in [0.5, 0.6) is 0 Å². The zero-order chi connectivity index (χ0) is 21.0. The van der Waals surface area contributed by atoms with E-state index < -0.39 is 23.2 Å². The Hall–Kier alpha value is -3.74. The van der Waals surface area contributed by atoms with Crippen LogP contribution in [0.2, 0.25) is 0 Å². The van der Waals surface area contributed by atoms with Crippen molar-refractivity contribution in [3.63, 3.8) is 0 Å². The Kier molecular flexibility index (Phi) is 5.87. The van der Waals surface area contributed by atoms with Gasteiger partial charge in [-0.25, -0.2) is 8.78 Å². The maximum atomic E-state index is 13.7. The molecule has 0 aromatic heterocycles. The number of nitrogens with one attached hydrogen (secondary N) is 2. The second kappa shape index (κ2) is 8.52. The molecule has 3 rings (SSSR count). The fourth-order valence-electron chi connectivity index (χ4n) is 2.62. The van der Waals surface area contributed by atoms with Gasteiger partial charge in [-0.05, 0) is 60.7 Å². The minimum atomic E-state index is -0.866. The first-order chi connectivity index (χ1) is 13.8. The molecule has 0 heterocycles. The molecule has 3 aromatic carbocycles. The molecule has 0 spiro atoms. The molecule has 29 heavy (non-hydrogen) atoms. The second-order valence-electron chi connectivity index (χ2n) is 6.52. The Bertz CT molecular complexity index is 1010. The molecule has 0 radical (unpaired) electrons. The molecule has 0 fully saturated rings. The Labute approximate surface area is 167 Å². The average Bonchev–Trinajstić information content (AvgIpc) is 2.71. The van der Waals surface area contributed by atoms with Crippen molar-refractivity contribution in [3.8, 4) is 0 Å². The van der Waals surface area contributed by atoms with E-state index in [1.807, 2.05) is 31.1 Å². The van der Waals surface area contributed by atoms with Gasteiger partial charge >= 0.3 is 0 Å². The van der Waals surface area contributed by atoms with Crippen LogP contribution in [-0.4, -0.2) is 25.9 Å². The predicted molar refractivity (Wildman–Crippen MR) is 109 cm³/mol. The number of hydrogen-bond donors (Lipinski definition) is 2. The summed E-state index contributed by atoms with van der Waals surface area (Å²) in [5.41, 5.74) is 1.64. The number of hydrogen-bond acceptors (Lipinski definition) is 3. The van der Waals surface area contributed by atoms with Gasteiger partial charge in [-0.3, -0.25) is 9.59 Å². The van der Waals surface area contributed by atoms with Gasteiger partial charge in [-0.15, -0.1) is 0 Å². The van der Waals surface area contributed by atoms with Gasteiger partial charge in [0.1, 0.15) is 17.3 Å². The third kappa shape index (κ3) is 4.76. The Balaban J connectivity index is 1.67. The van der Waals surface area contributed by atoms with Crippen molar-refractivity contribution in [2.75, 3.05) is 29.6 Å². The molecule has 0 bridgehead atoms. The van der Waals surface area contributed by atoms with Crippen LogP contribution in [0, 0.1) is 11.6 Å². The van der Waals surface area contributed by atoms with E-state index in [-0.39, 0.29) is 11.5 Å². The summed E-state index contributed by atoms with van der Waals surface area (Å²) in [7, 11) is 3.84. The molecule has 148 valence electrons. The highest BCUT2D eigenvalue weighted by Gasteiger charge is 2.14. The van der Waals surface area contributed by atoms with Crippen molar-refractivity contribution in [1.82, 2.24) is 0 Å². The maximum absolute atomic E-state index is 13.7. The van der Waals surface area contributed by atoms with Crippen molar-refractivity contribution < 1.29 is 18.4 Å². The molecular formula is C22H19F2N3O2. The van der Waals surface area contributed by atoms with Gasteiger partial charge in [0.15, 0.2) is 0 Å². The summed E-state index contributed by atoms with van der Waals surface area (Å²) < 4.78 is 27.3. The summed E-state index contributed by atoms with van der Waals surface area (Å²) in [6.07, 6.45) is 0. The van der Waals surface area contributed by atoms with E-state index >= 15 is 0 Å². The van der Waals surface area contributed by atoms with Gasteiger partial charge in [-0.2, -0.15) is 0 Å². The molecule has 2 amide bonds. The molecule has 0 unspecified atom stereocenters. The summed E-state index contributed by atoms with van der Waals surface area (Å²) in [5, 5.41) is 4.97. The summed E-state index contributed by atoms with van der Waals surface area (Å²) in [6, 6.07) is 16.4. The number of benzene rings is 3. The topological polar surface area (TPSA) is 61.4 Å². The molecular weight excluding hydrogens is 376 g/mol. The van der Waals surface area contributed by atoms with E-state index in [1.54, 1.807) is 12.1 Å². The lowest BCUT2D eigenvalue weighted by atomic mass is 10.1. The summed E-state index contributed by atoms with van der Waals surface area (Å²) in [6.45, 7) is 0. The Morgan fingerprint density at radius 3 is 1.69 bits per heavy atom. The number of halogens is 2. The fraction of sp³-hybridized carbons (Fsp3) is 0.0909. The molecule has 0 atom stereocenters. The van der Waals surface area contributed by atoms with Crippen LogP contribution < -0.4 is 15.5 Å². The molecule has 2 N–H and O–H groups in total. The Morgan fingerprint density at radius 1 is 0.724 bits per heavy atom. The fourth-order valence-corrected chi connectivity index (χ4v) is 2.62. The lowest BCUT2D eigenvalue weighted by molar-refractivity contribution is 0.101. The first kappa shape index (κ1) is 20.0. The van der Waals surface area contributed by atoms with E-state index in [1.165, 1.54) is 30.3 Å². The van der Waals surface area contributed by atoms with E-state index in [9.17, 15) is 18.4 Å². The van der Waals surface area contributed by atoms with Gasteiger partial charge in [0.2, 0.25) is 0 Å². The van der Waals surface area contributed by atoms with Crippen LogP contribution in [-0.2, 0) is 0 Å². The second-order valence-corrected chi connectivity index (χ2v) is 6.52. The van der Waals surface area contributed by atoms with E-state index in [2.05, 4.69) is 10.6 Å². The van der Waals surface area contributed by atoms with Crippen molar-refractivity contribution in [1.29, 1.82) is 0 Å². The zero-order valence-electron chi connectivity index (χ0n) is 15.9. The number of carbonyl (C=O) groups is 2. The zero-order valence-corrected chi connectivity index (χ0v) is 15.9. The molecule has 5 nitrogen and oxygen atoms in total. The average molecular weight is 395 g/mol. The van der Waals surface area contributed by atoms with Gasteiger partial charge in [0.05, 0.1) is 0 Å². The molecule has 0 saturated carbocycles. The van der Waals surface area contributed by atoms with Crippen LogP contribution in [0.1, 0.15) is 20.7 Å². The number of para-hydroxylation sites is 1. The number of anilines is 3. The van der Waals surface area contributed by atoms with Crippen LogP contribution in [0.3, 0.4) is 0 Å². The van der Waals surface area contributed by atoms with Crippen molar-refractivity contribution in [2.45, 2.75) is 0 Å². The number of rotatable bonds is 5. The molecule has 0 aliphatic heterocycles. The molecule has 7 heteroatoms. The van der Waals surface area contributed by atoms with Crippen LogP contribution in [0.25, 0.3) is 0 Å². The predicted octanol–water partition coefficient (Wildman–Crippen LogP) is 4.54. The molecule has 0 aliphatic carbocycles. The largest absolute Gasteiger partial charge is 0.378 e. The Morgan fingerprint density at radius 2 is 1.21 bits per heavy atom. The van der Waals surface area contributed by atoms with E-state index in [0.29, 0.717) is 11.3 Å². The quantitative estimate of drug-likeness (QED) is 0.667. The molecule has 3 aromatic rings. The van der Waals surface area contributed by atoms with Gasteiger partial charge in [-0.1, -0.05) is 6.07 Å². The van der Waals surface area contributed by atoms with Gasteiger partial charge in [0, 0.05) is 36.6 Å². The summed E-state index contributed by atoms with van der Waals surface area (Å²) >= 11 is 0. The van der Waals surface area contributed by atoms with E-state index in [4.69, 9.17) is 0 Å². The third-order valence-electron chi connectivity index (χ3n) is 4.25. The lowest BCUT2D eigenvalue weighted by Gasteiger charge is -2.13. The highest BCUT2D eigenvalue weighted by Crippen LogP contribution is 2.20. The summed E-state index contributed by atoms with van der Waals surface area (Å²) in [5.74, 6) is -2.75.